The van der Waals surface area contributed by atoms with Crippen molar-refractivity contribution in [1.82, 2.24) is 19.9 Å². The second-order valence-corrected chi connectivity index (χ2v) is 5.96. The van der Waals surface area contributed by atoms with Crippen LogP contribution in [0.1, 0.15) is 23.2 Å². The smallest absolute Gasteiger partial charge is 0.254 e. The van der Waals surface area contributed by atoms with Crippen molar-refractivity contribution in [2.24, 2.45) is 0 Å². The van der Waals surface area contributed by atoms with Crippen LogP contribution in [0.5, 0.6) is 5.88 Å². The first-order valence-corrected chi connectivity index (χ1v) is 8.09. The van der Waals surface area contributed by atoms with E-state index >= 15 is 0 Å². The van der Waals surface area contributed by atoms with Crippen LogP contribution in [0.3, 0.4) is 0 Å². The summed E-state index contributed by atoms with van der Waals surface area (Å²) in [5.74, 6) is 0.597. The van der Waals surface area contributed by atoms with Gasteiger partial charge in [-0.3, -0.25) is 4.79 Å². The molecule has 6 heteroatoms. The van der Waals surface area contributed by atoms with Crippen molar-refractivity contribution in [2.75, 3.05) is 13.1 Å². The van der Waals surface area contributed by atoms with Gasteiger partial charge in [-0.2, -0.15) is 0 Å². The number of carbonyl (C=O) groups excluding carboxylic acids is 1. The zero-order valence-corrected chi connectivity index (χ0v) is 13.2. The van der Waals surface area contributed by atoms with Gasteiger partial charge >= 0.3 is 0 Å². The molecule has 1 N–H and O–H groups in total. The van der Waals surface area contributed by atoms with Crippen molar-refractivity contribution in [3.05, 3.63) is 54.6 Å². The molecule has 1 unspecified atom stereocenters. The van der Waals surface area contributed by atoms with Crippen molar-refractivity contribution in [2.45, 2.75) is 18.9 Å². The molecule has 0 saturated carbocycles. The second-order valence-electron chi connectivity index (χ2n) is 5.96. The number of fused-ring (bicyclic) bond motifs is 1. The number of benzene rings is 1. The molecule has 0 bridgehead atoms. The van der Waals surface area contributed by atoms with E-state index in [9.17, 15) is 4.79 Å². The van der Waals surface area contributed by atoms with Gasteiger partial charge in [0.1, 0.15) is 12.4 Å². The highest BCUT2D eigenvalue weighted by Gasteiger charge is 2.26. The maximum Gasteiger partial charge on any atom is 0.254 e. The van der Waals surface area contributed by atoms with E-state index in [0.29, 0.717) is 18.0 Å². The number of aromatic amines is 1. The van der Waals surface area contributed by atoms with Crippen LogP contribution in [0.2, 0.25) is 0 Å². The zero-order valence-electron chi connectivity index (χ0n) is 13.2. The van der Waals surface area contributed by atoms with Crippen LogP contribution in [0.25, 0.3) is 10.9 Å². The van der Waals surface area contributed by atoms with Gasteiger partial charge in [-0.15, -0.1) is 0 Å². The first-order chi connectivity index (χ1) is 11.8. The highest BCUT2D eigenvalue weighted by Crippen LogP contribution is 2.20. The number of piperidine rings is 1. The van der Waals surface area contributed by atoms with Crippen LogP contribution < -0.4 is 4.74 Å². The fourth-order valence-electron chi connectivity index (χ4n) is 3.10. The standard InChI is InChI=1S/C18H18N4O2/c23-18(14-4-3-13-5-8-20-16(13)10-14)22-9-1-2-15(11-22)24-17-6-7-19-12-21-17/h3-8,10,12,15,20H,1-2,9,11H2. The molecule has 1 aromatic carbocycles. The van der Waals surface area contributed by atoms with Crippen LogP contribution in [0, 0.1) is 0 Å². The molecule has 1 atom stereocenters. The number of rotatable bonds is 3. The predicted octanol–water partition coefficient (Wildman–Crippen LogP) is 2.64. The lowest BCUT2D eigenvalue weighted by Crippen LogP contribution is -2.44. The van der Waals surface area contributed by atoms with E-state index < -0.39 is 0 Å². The fourth-order valence-corrected chi connectivity index (χ4v) is 3.10. The Morgan fingerprint density at radius 2 is 2.25 bits per heavy atom. The number of carbonyl (C=O) groups is 1. The third-order valence-electron chi connectivity index (χ3n) is 4.31. The molecule has 4 rings (SSSR count). The highest BCUT2D eigenvalue weighted by atomic mass is 16.5. The summed E-state index contributed by atoms with van der Waals surface area (Å²) in [4.78, 5) is 25.8. The summed E-state index contributed by atoms with van der Waals surface area (Å²) in [6.45, 7) is 1.33. The summed E-state index contributed by atoms with van der Waals surface area (Å²) >= 11 is 0. The lowest BCUT2D eigenvalue weighted by molar-refractivity contribution is 0.0527. The SMILES string of the molecule is O=C(c1ccc2cc[nH]c2c1)N1CCCC(Oc2ccncn2)C1. The molecule has 3 aromatic rings. The van der Waals surface area contributed by atoms with Crippen molar-refractivity contribution >= 4 is 16.8 Å². The molecule has 122 valence electrons. The first kappa shape index (κ1) is 14.7. The summed E-state index contributed by atoms with van der Waals surface area (Å²) in [6, 6.07) is 9.49. The van der Waals surface area contributed by atoms with Crippen LogP contribution >= 0.6 is 0 Å². The van der Waals surface area contributed by atoms with Gasteiger partial charge in [0.2, 0.25) is 5.88 Å². The second kappa shape index (κ2) is 6.31. The molecular weight excluding hydrogens is 304 g/mol. The Kier molecular flexibility index (Phi) is 3.86. The fraction of sp³-hybridized carbons (Fsp3) is 0.278. The number of likely N-dealkylation sites (tertiary alicyclic amines) is 1. The molecule has 1 aliphatic heterocycles. The Labute approximate surface area is 139 Å². The molecule has 1 aliphatic rings. The lowest BCUT2D eigenvalue weighted by Gasteiger charge is -2.32. The number of H-pyrrole nitrogens is 1. The Balaban J connectivity index is 1.47. The van der Waals surface area contributed by atoms with Gasteiger partial charge in [0.15, 0.2) is 0 Å². The van der Waals surface area contributed by atoms with Crippen molar-refractivity contribution in [3.63, 3.8) is 0 Å². The van der Waals surface area contributed by atoms with Crippen LogP contribution in [0.15, 0.2) is 49.1 Å². The summed E-state index contributed by atoms with van der Waals surface area (Å²) in [5, 5.41) is 1.11. The zero-order chi connectivity index (χ0) is 16.4. The summed E-state index contributed by atoms with van der Waals surface area (Å²) in [7, 11) is 0. The monoisotopic (exact) mass is 322 g/mol. The minimum absolute atomic E-state index is 0.0354. The number of hydrogen-bond donors (Lipinski definition) is 1. The van der Waals surface area contributed by atoms with Gasteiger partial charge in [0, 0.05) is 36.1 Å². The third-order valence-corrected chi connectivity index (χ3v) is 4.31. The Morgan fingerprint density at radius 1 is 1.29 bits per heavy atom. The van der Waals surface area contributed by atoms with Gasteiger partial charge in [0.05, 0.1) is 6.54 Å². The van der Waals surface area contributed by atoms with Gasteiger partial charge in [0.25, 0.3) is 5.91 Å². The molecule has 1 fully saturated rings. The number of nitrogens with one attached hydrogen (secondary N) is 1. The largest absolute Gasteiger partial charge is 0.472 e. The van der Waals surface area contributed by atoms with E-state index in [1.165, 1.54) is 6.33 Å². The average molecular weight is 322 g/mol. The quantitative estimate of drug-likeness (QED) is 0.805. The average Bonchev–Trinajstić information content (AvgIpc) is 3.10. The minimum Gasteiger partial charge on any atom is -0.472 e. The number of hydrogen-bond acceptors (Lipinski definition) is 4. The van der Waals surface area contributed by atoms with E-state index in [-0.39, 0.29) is 12.0 Å². The Morgan fingerprint density at radius 3 is 3.12 bits per heavy atom. The van der Waals surface area contributed by atoms with Crippen molar-refractivity contribution < 1.29 is 9.53 Å². The Bertz CT molecular complexity index is 846. The first-order valence-electron chi connectivity index (χ1n) is 8.09. The Hall–Kier alpha value is -2.89. The molecular formula is C18H18N4O2. The predicted molar refractivity (Wildman–Crippen MR) is 89.9 cm³/mol. The number of nitrogens with zero attached hydrogens (tertiary/aromatic N) is 3. The van der Waals surface area contributed by atoms with Crippen LogP contribution in [0.4, 0.5) is 0 Å². The molecule has 0 radical (unpaired) electrons. The van der Waals surface area contributed by atoms with E-state index in [0.717, 1.165) is 30.3 Å². The van der Waals surface area contributed by atoms with Gasteiger partial charge in [-0.25, -0.2) is 9.97 Å². The molecule has 3 heterocycles. The van der Waals surface area contributed by atoms with Gasteiger partial charge in [-0.1, -0.05) is 6.07 Å². The topological polar surface area (TPSA) is 71.1 Å². The number of aromatic nitrogens is 3. The van der Waals surface area contributed by atoms with Gasteiger partial charge in [-0.05, 0) is 36.4 Å². The summed E-state index contributed by atoms with van der Waals surface area (Å²) in [5.41, 5.74) is 1.68. The summed E-state index contributed by atoms with van der Waals surface area (Å²) < 4.78 is 5.88. The molecule has 1 amide bonds. The molecule has 24 heavy (non-hydrogen) atoms. The molecule has 1 saturated heterocycles. The maximum atomic E-state index is 12.8. The number of ether oxygens (including phenoxy) is 1. The van der Waals surface area contributed by atoms with E-state index in [4.69, 9.17) is 4.74 Å². The summed E-state index contributed by atoms with van der Waals surface area (Å²) in [6.07, 6.45) is 6.81. The van der Waals surface area contributed by atoms with Crippen molar-refractivity contribution in [1.29, 1.82) is 0 Å². The van der Waals surface area contributed by atoms with E-state index in [2.05, 4.69) is 15.0 Å². The van der Waals surface area contributed by atoms with Gasteiger partial charge < -0.3 is 14.6 Å². The maximum absolute atomic E-state index is 12.8. The third kappa shape index (κ3) is 2.95. The molecule has 0 spiro atoms. The van der Waals surface area contributed by atoms with Crippen LogP contribution in [-0.4, -0.2) is 45.0 Å². The molecule has 0 aliphatic carbocycles. The van der Waals surface area contributed by atoms with Crippen LogP contribution in [-0.2, 0) is 0 Å². The molecule has 6 nitrogen and oxygen atoms in total. The number of amides is 1. The molecule has 2 aromatic heterocycles. The highest BCUT2D eigenvalue weighted by molar-refractivity contribution is 5.98. The van der Waals surface area contributed by atoms with Crippen molar-refractivity contribution in [3.8, 4) is 5.88 Å². The van der Waals surface area contributed by atoms with E-state index in [1.807, 2.05) is 35.4 Å². The minimum atomic E-state index is -0.0354. The normalized spacial score (nSPS) is 17.8. The lowest BCUT2D eigenvalue weighted by atomic mass is 10.1. The van der Waals surface area contributed by atoms with E-state index in [1.54, 1.807) is 12.3 Å².